The Morgan fingerprint density at radius 2 is 1.90 bits per heavy atom. The number of nitriles is 1. The molecular weight excluding hydrogens is 260 g/mol. The Morgan fingerprint density at radius 3 is 2.57 bits per heavy atom. The number of likely N-dealkylation sites (N-methyl/N-ethyl adjacent to an activating group) is 1. The second-order valence-corrected chi connectivity index (χ2v) is 5.23. The van der Waals surface area contributed by atoms with Crippen LogP contribution in [0, 0.1) is 25.2 Å². The van der Waals surface area contributed by atoms with Gasteiger partial charge in [0.15, 0.2) is 5.78 Å². The number of para-hydroxylation sites is 1. The van der Waals surface area contributed by atoms with Gasteiger partial charge in [-0.05, 0) is 31.5 Å². The normalized spacial score (nSPS) is 10.0. The van der Waals surface area contributed by atoms with Crippen LogP contribution in [0.3, 0.4) is 0 Å². The highest BCUT2D eigenvalue weighted by molar-refractivity contribution is 6.00. The zero-order chi connectivity index (χ0) is 15.4. The molecule has 0 amide bonds. The van der Waals surface area contributed by atoms with Crippen molar-refractivity contribution in [1.29, 1.82) is 5.26 Å². The minimum Gasteiger partial charge on any atom is -0.366 e. The molecule has 0 bridgehead atoms. The van der Waals surface area contributed by atoms with Gasteiger partial charge in [0.25, 0.3) is 0 Å². The predicted octanol–water partition coefficient (Wildman–Crippen LogP) is 3.49. The molecular formula is C18H18N2O. The van der Waals surface area contributed by atoms with Crippen molar-refractivity contribution in [3.8, 4) is 6.07 Å². The van der Waals surface area contributed by atoms with Crippen LogP contribution in [0.1, 0.15) is 27.0 Å². The Kier molecular flexibility index (Phi) is 4.39. The molecule has 0 atom stereocenters. The second-order valence-electron chi connectivity index (χ2n) is 5.23. The Hall–Kier alpha value is -2.60. The fourth-order valence-electron chi connectivity index (χ4n) is 2.41. The van der Waals surface area contributed by atoms with Crippen LogP contribution in [-0.4, -0.2) is 19.4 Å². The molecule has 3 nitrogen and oxygen atoms in total. The maximum absolute atomic E-state index is 12.4. The number of carbonyl (C=O) groups excluding carboxylic acids is 1. The predicted molar refractivity (Wildman–Crippen MR) is 84.7 cm³/mol. The van der Waals surface area contributed by atoms with Crippen LogP contribution in [0.15, 0.2) is 42.5 Å². The van der Waals surface area contributed by atoms with Crippen LogP contribution in [0.2, 0.25) is 0 Å². The van der Waals surface area contributed by atoms with Crippen LogP contribution in [0.5, 0.6) is 0 Å². The van der Waals surface area contributed by atoms with Crippen molar-refractivity contribution in [3.63, 3.8) is 0 Å². The van der Waals surface area contributed by atoms with Crippen LogP contribution in [0.4, 0.5) is 5.69 Å². The Bertz CT molecular complexity index is 713. The molecule has 0 saturated heterocycles. The Morgan fingerprint density at radius 1 is 1.19 bits per heavy atom. The summed E-state index contributed by atoms with van der Waals surface area (Å²) in [6, 6.07) is 15.3. The molecule has 21 heavy (non-hydrogen) atoms. The van der Waals surface area contributed by atoms with Gasteiger partial charge in [0.1, 0.15) is 6.07 Å². The van der Waals surface area contributed by atoms with Gasteiger partial charge in [-0.25, -0.2) is 0 Å². The maximum atomic E-state index is 12.4. The molecule has 0 aliphatic rings. The van der Waals surface area contributed by atoms with Gasteiger partial charge >= 0.3 is 0 Å². The highest BCUT2D eigenvalue weighted by atomic mass is 16.1. The number of carbonyl (C=O) groups is 1. The van der Waals surface area contributed by atoms with E-state index in [0.717, 1.165) is 22.4 Å². The third-order valence-corrected chi connectivity index (χ3v) is 3.50. The summed E-state index contributed by atoms with van der Waals surface area (Å²) >= 11 is 0. The van der Waals surface area contributed by atoms with Crippen LogP contribution >= 0.6 is 0 Å². The zero-order valence-electron chi connectivity index (χ0n) is 12.6. The molecule has 2 aromatic rings. The molecule has 0 spiro atoms. The highest BCUT2D eigenvalue weighted by Gasteiger charge is 2.14. The number of anilines is 1. The molecule has 106 valence electrons. The van der Waals surface area contributed by atoms with Crippen molar-refractivity contribution in [3.05, 3.63) is 64.7 Å². The van der Waals surface area contributed by atoms with E-state index in [2.05, 4.69) is 6.07 Å². The summed E-state index contributed by atoms with van der Waals surface area (Å²) < 4.78 is 0. The van der Waals surface area contributed by atoms with Crippen molar-refractivity contribution < 1.29 is 4.79 Å². The van der Waals surface area contributed by atoms with Gasteiger partial charge in [0.05, 0.1) is 17.8 Å². The first-order chi connectivity index (χ1) is 10.0. The van der Waals surface area contributed by atoms with E-state index < -0.39 is 0 Å². The van der Waals surface area contributed by atoms with Crippen LogP contribution in [0.25, 0.3) is 0 Å². The molecule has 0 fully saturated rings. The lowest BCUT2D eigenvalue weighted by Crippen LogP contribution is -2.26. The molecule has 0 N–H and O–H groups in total. The van der Waals surface area contributed by atoms with Gasteiger partial charge < -0.3 is 4.90 Å². The number of aryl methyl sites for hydroxylation is 2. The lowest BCUT2D eigenvalue weighted by molar-refractivity contribution is 0.1000. The van der Waals surface area contributed by atoms with E-state index in [-0.39, 0.29) is 12.3 Å². The van der Waals surface area contributed by atoms with E-state index in [1.54, 1.807) is 6.07 Å². The first kappa shape index (κ1) is 14.8. The third-order valence-electron chi connectivity index (χ3n) is 3.50. The van der Waals surface area contributed by atoms with E-state index >= 15 is 0 Å². The molecule has 0 radical (unpaired) electrons. The lowest BCUT2D eigenvalue weighted by atomic mass is 10.0. The van der Waals surface area contributed by atoms with Gasteiger partial charge in [-0.3, -0.25) is 4.79 Å². The number of hydrogen-bond donors (Lipinski definition) is 0. The van der Waals surface area contributed by atoms with Crippen LogP contribution in [-0.2, 0) is 0 Å². The molecule has 3 heteroatoms. The van der Waals surface area contributed by atoms with Gasteiger partial charge in [0.2, 0.25) is 0 Å². The number of rotatable bonds is 4. The number of hydrogen-bond acceptors (Lipinski definition) is 3. The molecule has 0 saturated carbocycles. The first-order valence-electron chi connectivity index (χ1n) is 6.83. The second kappa shape index (κ2) is 6.23. The van der Waals surface area contributed by atoms with E-state index in [1.807, 2.05) is 62.2 Å². The summed E-state index contributed by atoms with van der Waals surface area (Å²) in [7, 11) is 1.83. The monoisotopic (exact) mass is 278 g/mol. The topological polar surface area (TPSA) is 44.1 Å². The molecule has 0 heterocycles. The summed E-state index contributed by atoms with van der Waals surface area (Å²) in [5.74, 6) is 0.0581. The number of nitrogens with zero attached hydrogens (tertiary/aromatic N) is 2. The number of Topliss-reactive ketones (excluding diaryl/α,β-unsaturated/α-hetero) is 1. The van der Waals surface area contributed by atoms with Crippen LogP contribution < -0.4 is 4.90 Å². The summed E-state index contributed by atoms with van der Waals surface area (Å²) in [6.45, 7) is 4.21. The summed E-state index contributed by atoms with van der Waals surface area (Å²) in [5.41, 5.74) is 4.22. The first-order valence-corrected chi connectivity index (χ1v) is 6.83. The fraction of sp³-hybridized carbons (Fsp3) is 0.222. The maximum Gasteiger partial charge on any atom is 0.182 e. The summed E-state index contributed by atoms with van der Waals surface area (Å²) in [5, 5.41) is 9.13. The number of benzene rings is 2. The SMILES string of the molecule is Cc1ccc(C(=O)CN(C)c2ccccc2C#N)c(C)c1. The zero-order valence-corrected chi connectivity index (χ0v) is 12.6. The van der Waals surface area contributed by atoms with Crippen molar-refractivity contribution in [2.75, 3.05) is 18.5 Å². The Labute approximate surface area is 125 Å². The van der Waals surface area contributed by atoms with Gasteiger partial charge in [-0.2, -0.15) is 5.26 Å². The van der Waals surface area contributed by atoms with Gasteiger partial charge in [-0.15, -0.1) is 0 Å². The van der Waals surface area contributed by atoms with Crippen molar-refractivity contribution in [2.45, 2.75) is 13.8 Å². The van der Waals surface area contributed by atoms with E-state index in [1.165, 1.54) is 0 Å². The lowest BCUT2D eigenvalue weighted by Gasteiger charge is -2.20. The average Bonchev–Trinajstić information content (AvgIpc) is 2.46. The third kappa shape index (κ3) is 3.29. The number of ketones is 1. The standard InChI is InChI=1S/C18H18N2O/c1-13-8-9-16(14(2)10-13)18(21)12-20(3)17-7-5-4-6-15(17)11-19/h4-10H,12H2,1-3H3. The van der Waals surface area contributed by atoms with E-state index in [9.17, 15) is 4.79 Å². The van der Waals surface area contributed by atoms with Crippen molar-refractivity contribution in [1.82, 2.24) is 0 Å². The summed E-state index contributed by atoms with van der Waals surface area (Å²) in [4.78, 5) is 14.3. The molecule has 2 aromatic carbocycles. The van der Waals surface area contributed by atoms with Crippen molar-refractivity contribution >= 4 is 11.5 Å². The molecule has 0 aromatic heterocycles. The van der Waals surface area contributed by atoms with Crippen molar-refractivity contribution in [2.24, 2.45) is 0 Å². The van der Waals surface area contributed by atoms with Gasteiger partial charge in [-0.1, -0.05) is 35.9 Å². The molecule has 0 aliphatic carbocycles. The highest BCUT2D eigenvalue weighted by Crippen LogP contribution is 2.19. The molecule has 2 rings (SSSR count). The fourth-order valence-corrected chi connectivity index (χ4v) is 2.41. The minimum atomic E-state index is 0.0581. The average molecular weight is 278 g/mol. The quantitative estimate of drug-likeness (QED) is 0.804. The summed E-state index contributed by atoms with van der Waals surface area (Å²) in [6.07, 6.45) is 0. The van der Waals surface area contributed by atoms with E-state index in [4.69, 9.17) is 5.26 Å². The Balaban J connectivity index is 2.21. The minimum absolute atomic E-state index is 0.0581. The largest absolute Gasteiger partial charge is 0.366 e. The van der Waals surface area contributed by atoms with E-state index in [0.29, 0.717) is 5.56 Å². The molecule has 0 aliphatic heterocycles. The smallest absolute Gasteiger partial charge is 0.182 e. The van der Waals surface area contributed by atoms with Gasteiger partial charge in [0, 0.05) is 12.6 Å². The molecule has 0 unspecified atom stereocenters.